The van der Waals surface area contributed by atoms with Crippen LogP contribution in [0.1, 0.15) is 58.5 Å². The third-order valence-electron chi connectivity index (χ3n) is 7.81. The zero-order valence-electron chi connectivity index (χ0n) is 25.3. The highest BCUT2D eigenvalue weighted by Gasteiger charge is 2.18. The molecule has 1 aliphatic rings. The number of anilines is 2. The van der Waals surface area contributed by atoms with E-state index < -0.39 is 5.91 Å². The summed E-state index contributed by atoms with van der Waals surface area (Å²) in [5.41, 5.74) is 10.9. The number of amides is 1. The molecule has 0 bridgehead atoms. The molecule has 1 fully saturated rings. The van der Waals surface area contributed by atoms with Crippen LogP contribution in [0.5, 0.6) is 0 Å². The van der Waals surface area contributed by atoms with E-state index in [-0.39, 0.29) is 23.0 Å². The number of nitrogen functional groups attached to an aromatic ring is 1. The Kier molecular flexibility index (Phi) is 10.6. The van der Waals surface area contributed by atoms with Gasteiger partial charge in [0.2, 0.25) is 0 Å². The van der Waals surface area contributed by atoms with Gasteiger partial charge < -0.3 is 21.1 Å². The van der Waals surface area contributed by atoms with Crippen LogP contribution in [-0.4, -0.2) is 58.6 Å². The first-order chi connectivity index (χ1) is 21.9. The lowest BCUT2D eigenvalue weighted by Crippen LogP contribution is -2.36. The lowest BCUT2D eigenvalue weighted by Gasteiger charge is -2.26. The van der Waals surface area contributed by atoms with Crippen LogP contribution in [0.25, 0.3) is 11.3 Å². The number of ether oxygens (including phenoxy) is 1. The Bertz CT molecular complexity index is 1630. The van der Waals surface area contributed by atoms with Crippen molar-refractivity contribution in [1.82, 2.24) is 25.2 Å². The molecule has 2 aromatic heterocycles. The van der Waals surface area contributed by atoms with Crippen molar-refractivity contribution in [2.24, 2.45) is 0 Å². The van der Waals surface area contributed by atoms with Gasteiger partial charge in [0.25, 0.3) is 5.91 Å². The average Bonchev–Trinajstić information content (AvgIpc) is 3.07. The van der Waals surface area contributed by atoms with Crippen molar-refractivity contribution in [2.45, 2.75) is 38.8 Å². The minimum absolute atomic E-state index is 0.245. The molecule has 1 amide bonds. The quantitative estimate of drug-likeness (QED) is 0.192. The van der Waals surface area contributed by atoms with Crippen molar-refractivity contribution in [3.8, 4) is 17.3 Å². The summed E-state index contributed by atoms with van der Waals surface area (Å²) in [5.74, 6) is 0.0740. The fourth-order valence-electron chi connectivity index (χ4n) is 5.14. The van der Waals surface area contributed by atoms with E-state index in [0.29, 0.717) is 18.2 Å². The molecule has 1 aliphatic heterocycles. The van der Waals surface area contributed by atoms with Gasteiger partial charge in [0.1, 0.15) is 23.5 Å². The molecule has 1 atom stereocenters. The zero-order valence-corrected chi connectivity index (χ0v) is 25.3. The van der Waals surface area contributed by atoms with Crippen molar-refractivity contribution in [3.63, 3.8) is 0 Å². The molecule has 45 heavy (non-hydrogen) atoms. The molecule has 4 N–H and O–H groups in total. The number of aryl methyl sites for hydroxylation is 1. The Morgan fingerprint density at radius 3 is 2.58 bits per heavy atom. The Hall–Kier alpha value is -4.92. The third-order valence-corrected chi connectivity index (χ3v) is 7.81. The number of benzene rings is 2. The van der Waals surface area contributed by atoms with Gasteiger partial charge >= 0.3 is 0 Å². The predicted octanol–water partition coefficient (Wildman–Crippen LogP) is 4.89. The number of unbranched alkanes of at least 4 members (excludes halogenated alkanes) is 1. The second kappa shape index (κ2) is 15.2. The molecule has 0 spiro atoms. The fraction of sp³-hybridized carbons (Fsp3) is 0.324. The maximum atomic E-state index is 13.3. The van der Waals surface area contributed by atoms with E-state index in [0.717, 1.165) is 80.2 Å². The molecule has 10 nitrogen and oxygen atoms in total. The first-order valence-corrected chi connectivity index (χ1v) is 15.1. The van der Waals surface area contributed by atoms with Gasteiger partial charge in [0.05, 0.1) is 48.0 Å². The number of halogens is 1. The first kappa shape index (κ1) is 31.5. The Morgan fingerprint density at radius 1 is 1.09 bits per heavy atom. The highest BCUT2D eigenvalue weighted by atomic mass is 19.1. The molecule has 0 radical (unpaired) electrons. The van der Waals surface area contributed by atoms with E-state index in [9.17, 15) is 14.4 Å². The van der Waals surface area contributed by atoms with Gasteiger partial charge in [-0.05, 0) is 62.1 Å². The minimum atomic E-state index is -0.395. The van der Waals surface area contributed by atoms with Gasteiger partial charge in [-0.2, -0.15) is 5.26 Å². The van der Waals surface area contributed by atoms with Crippen molar-refractivity contribution in [1.29, 1.82) is 5.26 Å². The third kappa shape index (κ3) is 8.59. The summed E-state index contributed by atoms with van der Waals surface area (Å²) in [4.78, 5) is 29.2. The second-order valence-electron chi connectivity index (χ2n) is 11.0. The first-order valence-electron chi connectivity index (χ1n) is 15.1. The molecule has 5 rings (SSSR count). The number of carbonyl (C=O) groups excluding carboxylic acids is 1. The smallest absolute Gasteiger partial charge is 0.255 e. The van der Waals surface area contributed by atoms with Gasteiger partial charge in [0, 0.05) is 31.4 Å². The number of carbonyl (C=O) groups is 1. The SMILES string of the molecule is C[C@H](NC(=O)c1cc(C#N)cnc1NCc1ccc(-c2cnc(N)c(CCCCN3CCOCC3)n2)cc1)c1ccc(F)cc1. The molecular formula is C34H37FN8O2. The van der Waals surface area contributed by atoms with Crippen molar-refractivity contribution in [2.75, 3.05) is 43.9 Å². The molecule has 2 aromatic carbocycles. The van der Waals surface area contributed by atoms with Gasteiger partial charge in [-0.25, -0.2) is 19.3 Å². The summed E-state index contributed by atoms with van der Waals surface area (Å²) < 4.78 is 18.8. The predicted molar refractivity (Wildman–Crippen MR) is 171 cm³/mol. The van der Waals surface area contributed by atoms with Gasteiger partial charge in [0.15, 0.2) is 0 Å². The van der Waals surface area contributed by atoms with Crippen LogP contribution in [0.2, 0.25) is 0 Å². The van der Waals surface area contributed by atoms with E-state index in [4.69, 9.17) is 15.5 Å². The summed E-state index contributed by atoms with van der Waals surface area (Å²) >= 11 is 0. The number of hydrogen-bond donors (Lipinski definition) is 3. The Balaban J connectivity index is 1.20. The number of pyridine rings is 1. The van der Waals surface area contributed by atoms with Crippen LogP contribution >= 0.6 is 0 Å². The van der Waals surface area contributed by atoms with Crippen molar-refractivity contribution in [3.05, 3.63) is 101 Å². The summed E-state index contributed by atoms with van der Waals surface area (Å²) in [6.07, 6.45) is 5.94. The molecule has 3 heterocycles. The highest BCUT2D eigenvalue weighted by molar-refractivity contribution is 5.99. The number of morpholine rings is 1. The summed E-state index contributed by atoms with van der Waals surface area (Å²) in [6, 6.07) is 17.0. The Morgan fingerprint density at radius 2 is 1.84 bits per heavy atom. The molecule has 232 valence electrons. The number of nitriles is 1. The Labute approximate surface area is 262 Å². The number of nitrogens with two attached hydrogens (primary N) is 1. The van der Waals surface area contributed by atoms with E-state index in [2.05, 4.69) is 25.5 Å². The highest BCUT2D eigenvalue weighted by Crippen LogP contribution is 2.22. The lowest BCUT2D eigenvalue weighted by molar-refractivity contribution is 0.0372. The second-order valence-corrected chi connectivity index (χ2v) is 11.0. The number of nitrogens with one attached hydrogen (secondary N) is 2. The minimum Gasteiger partial charge on any atom is -0.382 e. The monoisotopic (exact) mass is 608 g/mol. The maximum Gasteiger partial charge on any atom is 0.255 e. The lowest BCUT2D eigenvalue weighted by atomic mass is 10.1. The molecule has 0 saturated carbocycles. The van der Waals surface area contributed by atoms with Gasteiger partial charge in [-0.1, -0.05) is 36.4 Å². The maximum absolute atomic E-state index is 13.3. The van der Waals surface area contributed by atoms with Crippen molar-refractivity contribution >= 4 is 17.5 Å². The van der Waals surface area contributed by atoms with Crippen molar-refractivity contribution < 1.29 is 13.9 Å². The summed E-state index contributed by atoms with van der Waals surface area (Å²) in [7, 11) is 0. The van der Waals surface area contributed by atoms with E-state index in [1.807, 2.05) is 37.3 Å². The van der Waals surface area contributed by atoms with Crippen LogP contribution in [0.15, 0.2) is 67.0 Å². The topological polar surface area (TPSA) is 142 Å². The zero-order chi connectivity index (χ0) is 31.6. The molecule has 0 aliphatic carbocycles. The molecule has 11 heteroatoms. The van der Waals surface area contributed by atoms with Crippen LogP contribution < -0.4 is 16.4 Å². The number of aromatic nitrogens is 3. The van der Waals surface area contributed by atoms with Crippen LogP contribution in [0.3, 0.4) is 0 Å². The normalized spacial score (nSPS) is 14.0. The van der Waals surface area contributed by atoms with Crippen LogP contribution in [0, 0.1) is 17.1 Å². The fourth-order valence-corrected chi connectivity index (χ4v) is 5.14. The van der Waals surface area contributed by atoms with E-state index in [1.54, 1.807) is 18.3 Å². The molecule has 0 unspecified atom stereocenters. The largest absolute Gasteiger partial charge is 0.382 e. The van der Waals surface area contributed by atoms with Crippen LogP contribution in [-0.2, 0) is 17.7 Å². The molecular weight excluding hydrogens is 571 g/mol. The summed E-state index contributed by atoms with van der Waals surface area (Å²) in [6.45, 7) is 6.84. The molecule has 1 saturated heterocycles. The van der Waals surface area contributed by atoms with E-state index in [1.165, 1.54) is 24.4 Å². The number of rotatable bonds is 12. The number of hydrogen-bond acceptors (Lipinski definition) is 9. The standard InChI is InChI=1S/C34H37FN8O2/c1-23(26-9-11-28(35)12-10-26)41-34(44)29-18-25(19-36)21-40-33(29)39-20-24-5-7-27(8-6-24)31-22-38-32(37)30(42-31)4-2-3-13-43-14-16-45-17-15-43/h5-12,18,21-23H,2-4,13-17,20H2,1H3,(H2,37,38)(H,39,40)(H,41,44)/t23-/m0/s1. The van der Waals surface area contributed by atoms with Crippen LogP contribution in [0.4, 0.5) is 16.0 Å². The summed E-state index contributed by atoms with van der Waals surface area (Å²) in [5, 5.41) is 15.5. The average molecular weight is 609 g/mol. The van der Waals surface area contributed by atoms with Gasteiger partial charge in [-0.3, -0.25) is 9.69 Å². The number of nitrogens with zero attached hydrogens (tertiary/aromatic N) is 5. The molecule has 4 aromatic rings. The van der Waals surface area contributed by atoms with E-state index >= 15 is 0 Å². The van der Waals surface area contributed by atoms with Gasteiger partial charge in [-0.15, -0.1) is 0 Å².